The molecule has 1 aromatic heterocycles. The van der Waals surface area contributed by atoms with Crippen molar-refractivity contribution in [2.75, 3.05) is 6.26 Å². The van der Waals surface area contributed by atoms with Crippen LogP contribution in [0, 0.1) is 0 Å². The second-order valence-corrected chi connectivity index (χ2v) is 7.70. The van der Waals surface area contributed by atoms with Gasteiger partial charge in [-0.15, -0.1) is 0 Å². The number of imidazole rings is 1. The number of carbonyl (C=O) groups excluding carboxylic acids is 1. The van der Waals surface area contributed by atoms with Crippen LogP contribution in [0.3, 0.4) is 0 Å². The fourth-order valence-electron chi connectivity index (χ4n) is 2.90. The van der Waals surface area contributed by atoms with Gasteiger partial charge < -0.3 is 9.88 Å². The van der Waals surface area contributed by atoms with E-state index in [2.05, 4.69) is 10.3 Å². The van der Waals surface area contributed by atoms with Gasteiger partial charge in [0.1, 0.15) is 12.4 Å². The lowest BCUT2D eigenvalue weighted by atomic mass is 10.1. The number of halogens is 2. The summed E-state index contributed by atoms with van der Waals surface area (Å²) in [5, 5.41) is 4.12. The third-order valence-corrected chi connectivity index (χ3v) is 5.22. The number of amides is 1. The first-order chi connectivity index (χ1) is 12.5. The predicted molar refractivity (Wildman–Crippen MR) is 110 cm³/mol. The molecule has 0 aliphatic rings. The summed E-state index contributed by atoms with van der Waals surface area (Å²) in [5.41, 5.74) is 2.70. The van der Waals surface area contributed by atoms with Gasteiger partial charge >= 0.3 is 0 Å². The molecule has 0 saturated heterocycles. The Bertz CT molecular complexity index is 942. The Kier molecular flexibility index (Phi) is 6.12. The Morgan fingerprint density at radius 3 is 2.77 bits per heavy atom. The Hall–Kier alpha value is -1.69. The molecule has 0 saturated carbocycles. The van der Waals surface area contributed by atoms with E-state index in [0.29, 0.717) is 10.0 Å². The number of aromatic nitrogens is 2. The van der Waals surface area contributed by atoms with Crippen molar-refractivity contribution in [3.05, 3.63) is 63.9 Å². The third-order valence-electron chi connectivity index (χ3n) is 4.12. The minimum absolute atomic E-state index is 0.0889. The number of hydrogen-bond acceptors (Lipinski definition) is 3. The normalized spacial score (nSPS) is 12.3. The van der Waals surface area contributed by atoms with Gasteiger partial charge in [0, 0.05) is 10.0 Å². The van der Waals surface area contributed by atoms with Crippen LogP contribution >= 0.6 is 35.0 Å². The zero-order valence-corrected chi connectivity index (χ0v) is 16.8. The summed E-state index contributed by atoms with van der Waals surface area (Å²) in [6.45, 7) is 2.12. The van der Waals surface area contributed by atoms with Gasteiger partial charge in [-0.3, -0.25) is 4.79 Å². The molecule has 1 unspecified atom stereocenters. The standard InChI is InChI=1S/C19H19Cl2N3OS/c1-12(14-8-7-13(20)9-15(14)21)22-19(25)10-24-17-6-4-3-5-16(17)23-18(24)11-26-2/h3-9,12H,10-11H2,1-2H3,(H,22,25). The summed E-state index contributed by atoms with van der Waals surface area (Å²) in [5.74, 6) is 1.56. The van der Waals surface area contributed by atoms with Crippen LogP contribution < -0.4 is 5.32 Å². The Labute approximate surface area is 166 Å². The molecule has 0 radical (unpaired) electrons. The SMILES string of the molecule is CSCc1nc2ccccc2n1CC(=O)NC(C)c1ccc(Cl)cc1Cl. The van der Waals surface area contributed by atoms with E-state index >= 15 is 0 Å². The summed E-state index contributed by atoms with van der Waals surface area (Å²) in [6.07, 6.45) is 2.02. The van der Waals surface area contributed by atoms with E-state index < -0.39 is 0 Å². The monoisotopic (exact) mass is 407 g/mol. The highest BCUT2D eigenvalue weighted by Gasteiger charge is 2.16. The number of nitrogens with zero attached hydrogens (tertiary/aromatic N) is 2. The van der Waals surface area contributed by atoms with Crippen LogP contribution in [0.5, 0.6) is 0 Å². The third kappa shape index (κ3) is 4.17. The molecule has 0 spiro atoms. The molecule has 1 N–H and O–H groups in total. The van der Waals surface area contributed by atoms with Gasteiger partial charge in [0.2, 0.25) is 5.91 Å². The minimum Gasteiger partial charge on any atom is -0.348 e. The summed E-state index contributed by atoms with van der Waals surface area (Å²) in [7, 11) is 0. The molecule has 0 bridgehead atoms. The number of nitrogens with one attached hydrogen (secondary N) is 1. The smallest absolute Gasteiger partial charge is 0.240 e. The van der Waals surface area contributed by atoms with E-state index in [1.165, 1.54) is 0 Å². The van der Waals surface area contributed by atoms with Crippen LogP contribution in [0.1, 0.15) is 24.4 Å². The van der Waals surface area contributed by atoms with Crippen molar-refractivity contribution in [1.29, 1.82) is 0 Å². The molecular weight excluding hydrogens is 389 g/mol. The first kappa shape index (κ1) is 19.1. The van der Waals surface area contributed by atoms with Crippen LogP contribution in [0.2, 0.25) is 10.0 Å². The van der Waals surface area contributed by atoms with Gasteiger partial charge in [0.25, 0.3) is 0 Å². The van der Waals surface area contributed by atoms with Gasteiger partial charge in [-0.2, -0.15) is 11.8 Å². The fraction of sp³-hybridized carbons (Fsp3) is 0.263. The van der Waals surface area contributed by atoms with Crippen molar-refractivity contribution >= 4 is 51.9 Å². The second-order valence-electron chi connectivity index (χ2n) is 5.99. The molecule has 0 fully saturated rings. The van der Waals surface area contributed by atoms with Gasteiger partial charge in [0.15, 0.2) is 0 Å². The molecule has 0 aliphatic carbocycles. The minimum atomic E-state index is -0.217. The zero-order valence-electron chi connectivity index (χ0n) is 14.5. The van der Waals surface area contributed by atoms with Gasteiger partial charge in [-0.1, -0.05) is 41.4 Å². The highest BCUT2D eigenvalue weighted by molar-refractivity contribution is 7.97. The molecule has 3 rings (SSSR count). The number of benzene rings is 2. The average molecular weight is 408 g/mol. The van der Waals surface area contributed by atoms with Crippen LogP contribution in [-0.2, 0) is 17.1 Å². The molecule has 0 aliphatic heterocycles. The lowest BCUT2D eigenvalue weighted by Crippen LogP contribution is -2.30. The summed E-state index contributed by atoms with van der Waals surface area (Å²) in [4.78, 5) is 17.3. The van der Waals surface area contributed by atoms with Crippen LogP contribution in [0.15, 0.2) is 42.5 Å². The largest absolute Gasteiger partial charge is 0.348 e. The second kappa shape index (κ2) is 8.33. The number of rotatable bonds is 6. The van der Waals surface area contributed by atoms with Gasteiger partial charge in [-0.25, -0.2) is 4.98 Å². The number of fused-ring (bicyclic) bond motifs is 1. The molecule has 7 heteroatoms. The maximum atomic E-state index is 12.6. The van der Waals surface area contributed by atoms with Crippen LogP contribution in [0.4, 0.5) is 0 Å². The van der Waals surface area contributed by atoms with Gasteiger partial charge in [0.05, 0.1) is 22.8 Å². The van der Waals surface area contributed by atoms with E-state index in [9.17, 15) is 4.79 Å². The summed E-state index contributed by atoms with van der Waals surface area (Å²) >= 11 is 13.9. The zero-order chi connectivity index (χ0) is 18.7. The van der Waals surface area contributed by atoms with Gasteiger partial charge in [-0.05, 0) is 43.0 Å². The Morgan fingerprint density at radius 2 is 2.04 bits per heavy atom. The van der Waals surface area contributed by atoms with E-state index in [-0.39, 0.29) is 18.5 Å². The molecule has 1 atom stereocenters. The Morgan fingerprint density at radius 1 is 1.27 bits per heavy atom. The number of carbonyl (C=O) groups is 1. The van der Waals surface area contributed by atoms with Crippen molar-refractivity contribution in [1.82, 2.24) is 14.9 Å². The number of hydrogen-bond donors (Lipinski definition) is 1. The first-order valence-electron chi connectivity index (χ1n) is 8.17. The molecule has 4 nitrogen and oxygen atoms in total. The summed E-state index contributed by atoms with van der Waals surface area (Å²) < 4.78 is 1.97. The highest BCUT2D eigenvalue weighted by Crippen LogP contribution is 2.26. The van der Waals surface area contributed by atoms with Crippen LogP contribution in [-0.4, -0.2) is 21.7 Å². The molecule has 136 valence electrons. The fourth-order valence-corrected chi connectivity index (χ4v) is 3.95. The van der Waals surface area contributed by atoms with Crippen LogP contribution in [0.25, 0.3) is 11.0 Å². The number of thioether (sulfide) groups is 1. The average Bonchev–Trinajstić information content (AvgIpc) is 2.92. The van der Waals surface area contributed by atoms with E-state index in [1.54, 1.807) is 23.9 Å². The van der Waals surface area contributed by atoms with Crippen molar-refractivity contribution in [2.45, 2.75) is 25.3 Å². The summed E-state index contributed by atoms with van der Waals surface area (Å²) in [6, 6.07) is 12.9. The topological polar surface area (TPSA) is 46.9 Å². The number of para-hydroxylation sites is 2. The molecule has 1 heterocycles. The molecule has 2 aromatic carbocycles. The molecule has 3 aromatic rings. The maximum absolute atomic E-state index is 12.6. The van der Waals surface area contributed by atoms with E-state index in [0.717, 1.165) is 28.2 Å². The molecule has 1 amide bonds. The van der Waals surface area contributed by atoms with E-state index in [4.69, 9.17) is 23.2 Å². The quantitative estimate of drug-likeness (QED) is 0.619. The maximum Gasteiger partial charge on any atom is 0.240 e. The Balaban J connectivity index is 1.79. The van der Waals surface area contributed by atoms with Crippen molar-refractivity contribution in [3.63, 3.8) is 0 Å². The van der Waals surface area contributed by atoms with E-state index in [1.807, 2.05) is 48.1 Å². The predicted octanol–water partition coefficient (Wildman–Crippen LogP) is 5.08. The molecule has 26 heavy (non-hydrogen) atoms. The van der Waals surface area contributed by atoms with Crippen molar-refractivity contribution in [3.8, 4) is 0 Å². The first-order valence-corrected chi connectivity index (χ1v) is 10.3. The van der Waals surface area contributed by atoms with Crippen molar-refractivity contribution < 1.29 is 4.79 Å². The molecular formula is C19H19Cl2N3OS. The highest BCUT2D eigenvalue weighted by atomic mass is 35.5. The lowest BCUT2D eigenvalue weighted by molar-refractivity contribution is -0.122. The van der Waals surface area contributed by atoms with Crippen molar-refractivity contribution in [2.24, 2.45) is 0 Å². The lowest BCUT2D eigenvalue weighted by Gasteiger charge is -2.17.